The Balaban J connectivity index is 1.62. The Hall–Kier alpha value is -2.75. The van der Waals surface area contributed by atoms with Crippen molar-refractivity contribution in [1.82, 2.24) is 15.1 Å². The third kappa shape index (κ3) is 7.63. The first-order chi connectivity index (χ1) is 17.1. The van der Waals surface area contributed by atoms with Crippen LogP contribution in [-0.2, 0) is 22.3 Å². The second-order valence-electron chi connectivity index (χ2n) is 8.51. The van der Waals surface area contributed by atoms with Crippen LogP contribution in [0.25, 0.3) is 0 Å². The molecule has 0 radical (unpaired) electrons. The van der Waals surface area contributed by atoms with Gasteiger partial charge in [0.2, 0.25) is 0 Å². The fraction of sp³-hybridized carbons (Fsp3) is 0.619. The molecule has 1 aromatic rings. The Bertz CT molecular complexity index is 953. The summed E-state index contributed by atoms with van der Waals surface area (Å²) in [4.78, 5) is 26.4. The summed E-state index contributed by atoms with van der Waals surface area (Å²) >= 11 is 0. The minimum Gasteiger partial charge on any atom is -0.426 e. The van der Waals surface area contributed by atoms with Crippen molar-refractivity contribution in [3.63, 3.8) is 0 Å². The first-order valence-corrected chi connectivity index (χ1v) is 11.0. The van der Waals surface area contributed by atoms with Gasteiger partial charge in [0.25, 0.3) is 6.10 Å². The number of benzene rings is 1. The number of amides is 1. The van der Waals surface area contributed by atoms with E-state index in [0.29, 0.717) is 29.8 Å². The molecule has 0 bridgehead atoms. The lowest BCUT2D eigenvalue weighted by molar-refractivity contribution is -0.308. The van der Waals surface area contributed by atoms with E-state index in [0.717, 1.165) is 18.2 Å². The van der Waals surface area contributed by atoms with Gasteiger partial charge in [-0.15, -0.1) is 0 Å². The Morgan fingerprint density at radius 1 is 0.973 bits per heavy atom. The molecule has 1 N–H and O–H groups in total. The average Bonchev–Trinajstić information content (AvgIpc) is 3.31. The standard InChI is InChI=1S/C21H22F9N3O4/c22-19(23,24)13-4-3-12(10-15(13)36-16(34)14-2-1-5-31-14)11-32-6-8-33(9-7-32)18(35)37-17(20(25,26)27)21(28,29)30/h3-4,10,14,17,31H,1-2,5-9,11H2/t14-/m0/s1. The van der Waals surface area contributed by atoms with Gasteiger partial charge in [0.05, 0.1) is 5.56 Å². The summed E-state index contributed by atoms with van der Waals surface area (Å²) in [7, 11) is 0. The molecule has 0 aromatic heterocycles. The van der Waals surface area contributed by atoms with E-state index in [2.05, 4.69) is 10.1 Å². The van der Waals surface area contributed by atoms with Crippen LogP contribution in [0, 0.1) is 0 Å². The molecule has 2 aliphatic rings. The van der Waals surface area contributed by atoms with Crippen LogP contribution >= 0.6 is 0 Å². The smallest absolute Gasteiger partial charge is 0.426 e. The van der Waals surface area contributed by atoms with Gasteiger partial charge in [0.1, 0.15) is 11.8 Å². The van der Waals surface area contributed by atoms with Crippen molar-refractivity contribution in [2.45, 2.75) is 50.1 Å². The number of carbonyl (C=O) groups excluding carboxylic acids is 2. The molecular weight excluding hydrogens is 529 g/mol. The highest BCUT2D eigenvalue weighted by atomic mass is 19.4. The van der Waals surface area contributed by atoms with E-state index >= 15 is 0 Å². The molecule has 0 aliphatic carbocycles. The van der Waals surface area contributed by atoms with Gasteiger partial charge >= 0.3 is 30.6 Å². The monoisotopic (exact) mass is 551 g/mol. The summed E-state index contributed by atoms with van der Waals surface area (Å²) in [6.07, 6.45) is -21.5. The van der Waals surface area contributed by atoms with Crippen molar-refractivity contribution >= 4 is 12.1 Å². The number of hydrogen-bond donors (Lipinski definition) is 1. The number of piperazine rings is 1. The molecule has 208 valence electrons. The van der Waals surface area contributed by atoms with Crippen LogP contribution in [0.2, 0.25) is 0 Å². The maximum absolute atomic E-state index is 13.4. The molecule has 1 amide bonds. The highest BCUT2D eigenvalue weighted by Gasteiger charge is 2.60. The zero-order valence-electron chi connectivity index (χ0n) is 19.0. The van der Waals surface area contributed by atoms with Crippen LogP contribution < -0.4 is 10.1 Å². The van der Waals surface area contributed by atoms with Crippen LogP contribution in [0.15, 0.2) is 18.2 Å². The maximum atomic E-state index is 13.4. The van der Waals surface area contributed by atoms with E-state index in [4.69, 9.17) is 4.74 Å². The Morgan fingerprint density at radius 2 is 1.59 bits per heavy atom. The third-order valence-electron chi connectivity index (χ3n) is 5.76. The fourth-order valence-electron chi connectivity index (χ4n) is 3.89. The van der Waals surface area contributed by atoms with Crippen molar-refractivity contribution in [2.75, 3.05) is 32.7 Å². The summed E-state index contributed by atoms with van der Waals surface area (Å²) in [6.45, 7) is -0.0480. The quantitative estimate of drug-likeness (QED) is 0.338. The molecule has 0 saturated carbocycles. The lowest BCUT2D eigenvalue weighted by Gasteiger charge is -2.35. The van der Waals surface area contributed by atoms with Crippen molar-refractivity contribution in [1.29, 1.82) is 0 Å². The number of rotatable bonds is 5. The van der Waals surface area contributed by atoms with Crippen molar-refractivity contribution in [3.05, 3.63) is 29.3 Å². The lowest BCUT2D eigenvalue weighted by Crippen LogP contribution is -2.52. The number of halogens is 9. The summed E-state index contributed by atoms with van der Waals surface area (Å²) in [5, 5.41) is 2.83. The van der Waals surface area contributed by atoms with Gasteiger partial charge in [-0.05, 0) is 37.1 Å². The molecule has 2 aliphatic heterocycles. The topological polar surface area (TPSA) is 71.1 Å². The van der Waals surface area contributed by atoms with Gasteiger partial charge in [-0.25, -0.2) is 9.59 Å². The minimum absolute atomic E-state index is 0.0139. The molecule has 2 saturated heterocycles. The third-order valence-corrected chi connectivity index (χ3v) is 5.76. The molecule has 37 heavy (non-hydrogen) atoms. The lowest BCUT2D eigenvalue weighted by atomic mass is 10.1. The largest absolute Gasteiger partial charge is 0.434 e. The molecule has 2 fully saturated rings. The number of alkyl halides is 9. The highest BCUT2D eigenvalue weighted by Crippen LogP contribution is 2.38. The molecule has 0 spiro atoms. The zero-order valence-corrected chi connectivity index (χ0v) is 19.0. The van der Waals surface area contributed by atoms with Crippen LogP contribution in [0.5, 0.6) is 5.75 Å². The van der Waals surface area contributed by atoms with E-state index in [-0.39, 0.29) is 32.7 Å². The Morgan fingerprint density at radius 3 is 2.11 bits per heavy atom. The van der Waals surface area contributed by atoms with Gasteiger partial charge in [-0.2, -0.15) is 39.5 Å². The van der Waals surface area contributed by atoms with E-state index in [9.17, 15) is 49.1 Å². The number of ether oxygens (including phenoxy) is 2. The molecule has 1 atom stereocenters. The van der Waals surface area contributed by atoms with Crippen LogP contribution in [0.1, 0.15) is 24.0 Å². The van der Waals surface area contributed by atoms with Gasteiger partial charge in [0.15, 0.2) is 0 Å². The molecule has 3 rings (SSSR count). The maximum Gasteiger partial charge on any atom is 0.434 e. The second-order valence-corrected chi connectivity index (χ2v) is 8.51. The minimum atomic E-state index is -5.84. The van der Waals surface area contributed by atoms with Crippen molar-refractivity contribution < 1.29 is 58.6 Å². The van der Waals surface area contributed by atoms with Gasteiger partial charge in [-0.1, -0.05) is 6.07 Å². The number of nitrogens with zero attached hydrogens (tertiary/aromatic N) is 2. The normalized spacial score (nSPS) is 19.8. The SMILES string of the molecule is O=C(Oc1cc(CN2CCN(C(=O)OC(C(F)(F)F)C(F)(F)F)CC2)ccc1C(F)(F)F)[C@@H]1CCCN1. The molecular formula is C21H22F9N3O4. The number of esters is 1. The Labute approximate surface area is 204 Å². The highest BCUT2D eigenvalue weighted by molar-refractivity contribution is 5.79. The Kier molecular flexibility index (Phi) is 8.51. The number of carbonyl (C=O) groups is 2. The number of hydrogen-bond acceptors (Lipinski definition) is 6. The molecule has 7 nitrogen and oxygen atoms in total. The fourth-order valence-corrected chi connectivity index (χ4v) is 3.89. The van der Waals surface area contributed by atoms with Crippen LogP contribution in [-0.4, -0.2) is 79.1 Å². The molecule has 0 unspecified atom stereocenters. The van der Waals surface area contributed by atoms with E-state index in [1.807, 2.05) is 0 Å². The zero-order chi connectivity index (χ0) is 27.6. The summed E-state index contributed by atoms with van der Waals surface area (Å²) in [5.74, 6) is -1.54. The van der Waals surface area contributed by atoms with Crippen molar-refractivity contribution in [2.24, 2.45) is 0 Å². The molecule has 2 heterocycles. The summed E-state index contributed by atoms with van der Waals surface area (Å²) < 4.78 is 125. The predicted octanol–water partition coefficient (Wildman–Crippen LogP) is 4.11. The molecule has 1 aromatic carbocycles. The van der Waals surface area contributed by atoms with Gasteiger partial charge in [-0.3, -0.25) is 4.90 Å². The van der Waals surface area contributed by atoms with E-state index in [1.54, 1.807) is 4.90 Å². The first-order valence-electron chi connectivity index (χ1n) is 11.0. The van der Waals surface area contributed by atoms with E-state index in [1.165, 1.54) is 0 Å². The number of nitrogens with one attached hydrogen (secondary N) is 1. The van der Waals surface area contributed by atoms with Crippen LogP contribution in [0.4, 0.5) is 44.3 Å². The molecule has 16 heteroatoms. The summed E-state index contributed by atoms with van der Waals surface area (Å²) in [6, 6.07) is 2.23. The van der Waals surface area contributed by atoms with Crippen LogP contribution in [0.3, 0.4) is 0 Å². The second kappa shape index (κ2) is 10.9. The first kappa shape index (κ1) is 28.8. The van der Waals surface area contributed by atoms with E-state index < -0.39 is 54.1 Å². The van der Waals surface area contributed by atoms with Gasteiger partial charge in [0, 0.05) is 32.7 Å². The van der Waals surface area contributed by atoms with Gasteiger partial charge < -0.3 is 19.7 Å². The van der Waals surface area contributed by atoms with Crippen molar-refractivity contribution in [3.8, 4) is 5.75 Å². The average molecular weight is 551 g/mol. The summed E-state index contributed by atoms with van der Waals surface area (Å²) in [5.41, 5.74) is -0.848. The predicted molar refractivity (Wildman–Crippen MR) is 107 cm³/mol.